The maximum absolute atomic E-state index is 11.9. The number of carbonyl (C=O) groups is 1. The minimum atomic E-state index is -0.709. The van der Waals surface area contributed by atoms with Crippen molar-refractivity contribution in [1.82, 2.24) is 9.55 Å². The Morgan fingerprint density at radius 2 is 2.09 bits per heavy atom. The summed E-state index contributed by atoms with van der Waals surface area (Å²) in [5.74, 6) is 0.0532. The Balaban J connectivity index is 2.59. The largest absolute Gasteiger partial charge is 0.463 e. The molecule has 1 aromatic heterocycles. The minimum absolute atomic E-state index is 0.0824. The second-order valence-corrected chi connectivity index (χ2v) is 5.77. The molecule has 0 spiro atoms. The van der Waals surface area contributed by atoms with E-state index in [4.69, 9.17) is 15.2 Å². The Bertz CT molecular complexity index is 556. The highest BCUT2D eigenvalue weighted by molar-refractivity contribution is 5.69. The molecule has 1 heterocycles. The molecule has 1 rings (SSSR count). The summed E-state index contributed by atoms with van der Waals surface area (Å²) in [6.07, 6.45) is 0.624. The maximum atomic E-state index is 11.9. The fourth-order valence-electron chi connectivity index (χ4n) is 1.93. The van der Waals surface area contributed by atoms with Crippen LogP contribution in [-0.4, -0.2) is 39.9 Å². The van der Waals surface area contributed by atoms with E-state index in [0.717, 1.165) is 0 Å². The van der Waals surface area contributed by atoms with E-state index in [1.54, 1.807) is 6.92 Å². The molecular formula is C15H25N3O5. The van der Waals surface area contributed by atoms with Crippen LogP contribution in [-0.2, 0) is 14.3 Å². The standard InChI is InChI=1S/C15H25N3O5/c1-10(2)8-14(20)23-7-6-22-13(9-11(3)19)18-5-4-12(16)17-15(18)21/h4-5,10-11,13,19H,6-9H2,1-3H3,(H2,16,17,21). The Morgan fingerprint density at radius 3 is 2.65 bits per heavy atom. The summed E-state index contributed by atoms with van der Waals surface area (Å²) in [5, 5.41) is 9.55. The number of ether oxygens (including phenoxy) is 2. The molecule has 0 radical (unpaired) electrons. The Labute approximate surface area is 135 Å². The van der Waals surface area contributed by atoms with Gasteiger partial charge in [-0.25, -0.2) is 4.79 Å². The quantitative estimate of drug-likeness (QED) is 0.506. The molecule has 0 aromatic carbocycles. The molecule has 0 aliphatic heterocycles. The molecule has 23 heavy (non-hydrogen) atoms. The predicted octanol–water partition coefficient (Wildman–Crippen LogP) is 0.701. The molecule has 2 atom stereocenters. The molecular weight excluding hydrogens is 302 g/mol. The molecule has 0 aliphatic rings. The Kier molecular flexibility index (Phi) is 7.70. The topological polar surface area (TPSA) is 117 Å². The summed E-state index contributed by atoms with van der Waals surface area (Å²) >= 11 is 0. The zero-order chi connectivity index (χ0) is 17.4. The lowest BCUT2D eigenvalue weighted by molar-refractivity contribution is -0.147. The smallest absolute Gasteiger partial charge is 0.351 e. The van der Waals surface area contributed by atoms with Crippen molar-refractivity contribution in [2.24, 2.45) is 5.92 Å². The van der Waals surface area contributed by atoms with Crippen LogP contribution in [0.3, 0.4) is 0 Å². The van der Waals surface area contributed by atoms with Crippen LogP contribution < -0.4 is 11.4 Å². The van der Waals surface area contributed by atoms with Gasteiger partial charge in [-0.3, -0.25) is 9.36 Å². The number of carbonyl (C=O) groups excluding carboxylic acids is 1. The van der Waals surface area contributed by atoms with E-state index in [9.17, 15) is 14.7 Å². The summed E-state index contributed by atoms with van der Waals surface area (Å²) in [4.78, 5) is 26.9. The van der Waals surface area contributed by atoms with Crippen LogP contribution >= 0.6 is 0 Å². The van der Waals surface area contributed by atoms with Crippen molar-refractivity contribution < 1.29 is 19.4 Å². The van der Waals surface area contributed by atoms with Crippen LogP contribution in [0.15, 0.2) is 17.1 Å². The Hall–Kier alpha value is -1.93. The second kappa shape index (κ2) is 9.26. The number of anilines is 1. The first kappa shape index (κ1) is 19.1. The van der Waals surface area contributed by atoms with Gasteiger partial charge in [0.1, 0.15) is 18.7 Å². The molecule has 0 amide bonds. The van der Waals surface area contributed by atoms with E-state index in [1.165, 1.54) is 16.8 Å². The van der Waals surface area contributed by atoms with Crippen LogP contribution in [0.1, 0.15) is 39.8 Å². The van der Waals surface area contributed by atoms with E-state index in [0.29, 0.717) is 6.42 Å². The van der Waals surface area contributed by atoms with Gasteiger partial charge in [0.15, 0.2) is 0 Å². The minimum Gasteiger partial charge on any atom is -0.463 e. The van der Waals surface area contributed by atoms with Gasteiger partial charge in [-0.15, -0.1) is 0 Å². The number of aliphatic hydroxyl groups is 1. The highest BCUT2D eigenvalue weighted by Gasteiger charge is 2.16. The van der Waals surface area contributed by atoms with Gasteiger partial charge in [0, 0.05) is 19.0 Å². The molecule has 0 fully saturated rings. The van der Waals surface area contributed by atoms with E-state index in [1.807, 2.05) is 13.8 Å². The van der Waals surface area contributed by atoms with Crippen molar-refractivity contribution in [3.8, 4) is 0 Å². The first-order valence-corrected chi connectivity index (χ1v) is 7.59. The fraction of sp³-hybridized carbons (Fsp3) is 0.667. The predicted molar refractivity (Wildman–Crippen MR) is 84.6 cm³/mol. The molecule has 130 valence electrons. The van der Waals surface area contributed by atoms with Crippen molar-refractivity contribution in [3.05, 3.63) is 22.7 Å². The van der Waals surface area contributed by atoms with Crippen molar-refractivity contribution in [2.75, 3.05) is 18.9 Å². The normalized spacial score (nSPS) is 13.8. The van der Waals surface area contributed by atoms with Crippen LogP contribution in [0.4, 0.5) is 5.82 Å². The number of nitrogens with two attached hydrogens (primary N) is 1. The molecule has 0 saturated heterocycles. The van der Waals surface area contributed by atoms with Crippen molar-refractivity contribution in [2.45, 2.75) is 45.9 Å². The van der Waals surface area contributed by atoms with Crippen molar-refractivity contribution >= 4 is 11.8 Å². The number of rotatable bonds is 9. The van der Waals surface area contributed by atoms with Gasteiger partial charge < -0.3 is 20.3 Å². The molecule has 8 heteroatoms. The average Bonchev–Trinajstić information content (AvgIpc) is 2.41. The maximum Gasteiger partial charge on any atom is 0.351 e. The summed E-state index contributed by atoms with van der Waals surface area (Å²) in [6, 6.07) is 1.47. The zero-order valence-corrected chi connectivity index (χ0v) is 13.8. The van der Waals surface area contributed by atoms with Crippen LogP contribution in [0.25, 0.3) is 0 Å². The molecule has 3 N–H and O–H groups in total. The number of nitrogens with zero attached hydrogens (tertiary/aromatic N) is 2. The Morgan fingerprint density at radius 1 is 1.39 bits per heavy atom. The SMILES string of the molecule is CC(C)CC(=O)OCCOC(CC(C)O)n1ccc(N)nc1=O. The number of nitrogen functional groups attached to an aromatic ring is 1. The molecule has 2 unspecified atom stereocenters. The molecule has 0 bridgehead atoms. The van der Waals surface area contributed by atoms with E-state index in [-0.39, 0.29) is 37.3 Å². The summed E-state index contributed by atoms with van der Waals surface area (Å²) in [6.45, 7) is 5.64. The van der Waals surface area contributed by atoms with Gasteiger partial charge in [0.2, 0.25) is 0 Å². The third-order valence-corrected chi connectivity index (χ3v) is 2.94. The molecule has 0 aliphatic carbocycles. The van der Waals surface area contributed by atoms with Crippen molar-refractivity contribution in [3.63, 3.8) is 0 Å². The summed E-state index contributed by atoms with van der Waals surface area (Å²) in [7, 11) is 0. The van der Waals surface area contributed by atoms with E-state index >= 15 is 0 Å². The second-order valence-electron chi connectivity index (χ2n) is 5.77. The van der Waals surface area contributed by atoms with Gasteiger partial charge in [0.05, 0.1) is 12.7 Å². The van der Waals surface area contributed by atoms with Gasteiger partial charge in [-0.2, -0.15) is 4.98 Å². The monoisotopic (exact) mass is 327 g/mol. The van der Waals surface area contributed by atoms with Crippen LogP contribution in [0.2, 0.25) is 0 Å². The zero-order valence-electron chi connectivity index (χ0n) is 13.8. The lowest BCUT2D eigenvalue weighted by Gasteiger charge is -2.21. The van der Waals surface area contributed by atoms with Gasteiger partial charge >= 0.3 is 11.7 Å². The lowest BCUT2D eigenvalue weighted by atomic mass is 10.1. The fourth-order valence-corrected chi connectivity index (χ4v) is 1.93. The molecule has 0 saturated carbocycles. The van der Waals surface area contributed by atoms with Gasteiger partial charge in [-0.1, -0.05) is 13.8 Å². The van der Waals surface area contributed by atoms with Gasteiger partial charge in [0.25, 0.3) is 0 Å². The van der Waals surface area contributed by atoms with Gasteiger partial charge in [-0.05, 0) is 18.9 Å². The lowest BCUT2D eigenvalue weighted by Crippen LogP contribution is -2.31. The third-order valence-electron chi connectivity index (χ3n) is 2.94. The first-order chi connectivity index (χ1) is 10.8. The third kappa shape index (κ3) is 7.25. The number of esters is 1. The number of aliphatic hydroxyl groups excluding tert-OH is 1. The van der Waals surface area contributed by atoms with Crippen molar-refractivity contribution in [1.29, 1.82) is 0 Å². The average molecular weight is 327 g/mol. The van der Waals surface area contributed by atoms with E-state index in [2.05, 4.69) is 4.98 Å². The van der Waals surface area contributed by atoms with Crippen LogP contribution in [0, 0.1) is 5.92 Å². The molecule has 1 aromatic rings. The number of hydrogen-bond donors (Lipinski definition) is 2. The molecule has 8 nitrogen and oxygen atoms in total. The first-order valence-electron chi connectivity index (χ1n) is 7.59. The van der Waals surface area contributed by atoms with E-state index < -0.39 is 18.0 Å². The summed E-state index contributed by atoms with van der Waals surface area (Å²) < 4.78 is 11.9. The number of hydrogen-bond acceptors (Lipinski definition) is 7. The number of aromatic nitrogens is 2. The summed E-state index contributed by atoms with van der Waals surface area (Å²) in [5.41, 5.74) is 4.89. The highest BCUT2D eigenvalue weighted by atomic mass is 16.6. The van der Waals surface area contributed by atoms with Crippen LogP contribution in [0.5, 0.6) is 0 Å². The highest BCUT2D eigenvalue weighted by Crippen LogP contribution is 2.14.